The Labute approximate surface area is 154 Å². The minimum absolute atomic E-state index is 0.0226. The molecule has 1 aliphatic heterocycles. The molecule has 1 fully saturated rings. The molecule has 0 unspecified atom stereocenters. The zero-order valence-corrected chi connectivity index (χ0v) is 14.9. The van der Waals surface area contributed by atoms with Gasteiger partial charge < -0.3 is 15.5 Å². The smallest absolute Gasteiger partial charge is 0.251 e. The molecule has 0 radical (unpaired) electrons. The summed E-state index contributed by atoms with van der Waals surface area (Å²) in [4.78, 5) is 26.5. The Morgan fingerprint density at radius 3 is 2.38 bits per heavy atom. The van der Waals surface area contributed by atoms with Crippen molar-refractivity contribution in [2.24, 2.45) is 0 Å². The van der Waals surface area contributed by atoms with Gasteiger partial charge in [0.25, 0.3) is 5.91 Å². The lowest BCUT2D eigenvalue weighted by molar-refractivity contribution is -0.116. The monoisotopic (exact) mass is 351 g/mol. The van der Waals surface area contributed by atoms with Crippen LogP contribution in [-0.2, 0) is 4.79 Å². The first-order valence-corrected chi connectivity index (χ1v) is 9.21. The highest BCUT2D eigenvalue weighted by molar-refractivity contribution is 5.95. The molecule has 26 heavy (non-hydrogen) atoms. The van der Waals surface area contributed by atoms with E-state index in [0.717, 1.165) is 24.5 Å². The van der Waals surface area contributed by atoms with Crippen LogP contribution in [0.2, 0.25) is 0 Å². The number of rotatable bonds is 7. The summed E-state index contributed by atoms with van der Waals surface area (Å²) in [7, 11) is 0. The molecule has 2 aromatic carbocycles. The van der Waals surface area contributed by atoms with Crippen LogP contribution < -0.4 is 15.5 Å². The zero-order valence-electron chi connectivity index (χ0n) is 14.9. The summed E-state index contributed by atoms with van der Waals surface area (Å²) in [5.41, 5.74) is 2.60. The van der Waals surface area contributed by atoms with Crippen molar-refractivity contribution >= 4 is 23.2 Å². The summed E-state index contributed by atoms with van der Waals surface area (Å²) in [5, 5.41) is 5.86. The summed E-state index contributed by atoms with van der Waals surface area (Å²) < 4.78 is 0. The Morgan fingerprint density at radius 2 is 1.62 bits per heavy atom. The predicted octanol–water partition coefficient (Wildman–Crippen LogP) is 3.44. The van der Waals surface area contributed by atoms with Crippen LogP contribution >= 0.6 is 0 Å². The minimum atomic E-state index is -0.106. The highest BCUT2D eigenvalue weighted by Crippen LogP contribution is 2.28. The lowest BCUT2D eigenvalue weighted by Gasteiger charge is -2.21. The van der Waals surface area contributed by atoms with Gasteiger partial charge in [0.1, 0.15) is 0 Å². The fourth-order valence-corrected chi connectivity index (χ4v) is 3.17. The van der Waals surface area contributed by atoms with Crippen LogP contribution in [0, 0.1) is 0 Å². The summed E-state index contributed by atoms with van der Waals surface area (Å²) in [6.07, 6.45) is 3.38. The van der Waals surface area contributed by atoms with E-state index in [1.807, 2.05) is 36.4 Å². The van der Waals surface area contributed by atoms with Crippen molar-refractivity contribution in [2.75, 3.05) is 29.9 Å². The maximum absolute atomic E-state index is 12.3. The average Bonchev–Trinajstić information content (AvgIpc) is 3.21. The molecule has 5 nitrogen and oxygen atoms in total. The van der Waals surface area contributed by atoms with Gasteiger partial charge in [0.15, 0.2) is 0 Å². The molecule has 2 aromatic rings. The molecule has 0 saturated carbocycles. The van der Waals surface area contributed by atoms with Crippen molar-refractivity contribution in [1.29, 1.82) is 0 Å². The standard InChI is InChI=1S/C21H25N3O2/c25-20(13-8-14-22-21(26)17-9-2-1-3-10-17)23-18-11-4-5-12-19(18)24-15-6-7-16-24/h1-5,9-12H,6-8,13-16H2,(H,22,26)(H,23,25). The van der Waals surface area contributed by atoms with Crippen molar-refractivity contribution in [2.45, 2.75) is 25.7 Å². The van der Waals surface area contributed by atoms with Gasteiger partial charge in [0, 0.05) is 31.6 Å². The largest absolute Gasteiger partial charge is 0.370 e. The Kier molecular flexibility index (Phi) is 6.25. The van der Waals surface area contributed by atoms with Gasteiger partial charge in [-0.25, -0.2) is 0 Å². The van der Waals surface area contributed by atoms with E-state index >= 15 is 0 Å². The van der Waals surface area contributed by atoms with E-state index in [1.165, 1.54) is 12.8 Å². The number of hydrogen-bond acceptors (Lipinski definition) is 3. The first-order valence-electron chi connectivity index (χ1n) is 9.21. The molecule has 0 aromatic heterocycles. The maximum Gasteiger partial charge on any atom is 0.251 e. The maximum atomic E-state index is 12.3. The number of carbonyl (C=O) groups is 2. The van der Waals surface area contributed by atoms with E-state index in [1.54, 1.807) is 12.1 Å². The molecule has 1 saturated heterocycles. The molecule has 3 rings (SSSR count). The van der Waals surface area contributed by atoms with E-state index in [4.69, 9.17) is 0 Å². The van der Waals surface area contributed by atoms with E-state index in [2.05, 4.69) is 21.6 Å². The number of anilines is 2. The average molecular weight is 351 g/mol. The number of amides is 2. The molecule has 0 bridgehead atoms. The van der Waals surface area contributed by atoms with Crippen molar-refractivity contribution < 1.29 is 9.59 Å². The molecule has 0 atom stereocenters. The second kappa shape index (κ2) is 9.04. The van der Waals surface area contributed by atoms with E-state index < -0.39 is 0 Å². The third-order valence-electron chi connectivity index (χ3n) is 4.53. The second-order valence-electron chi connectivity index (χ2n) is 6.48. The van der Waals surface area contributed by atoms with Gasteiger partial charge in [-0.3, -0.25) is 9.59 Å². The molecule has 1 aliphatic rings. The van der Waals surface area contributed by atoms with Gasteiger partial charge in [0.2, 0.25) is 5.91 Å². The summed E-state index contributed by atoms with van der Waals surface area (Å²) in [6, 6.07) is 17.0. The fourth-order valence-electron chi connectivity index (χ4n) is 3.17. The van der Waals surface area contributed by atoms with Gasteiger partial charge in [0.05, 0.1) is 11.4 Å². The SMILES string of the molecule is O=C(CCCNC(=O)c1ccccc1)Nc1ccccc1N1CCCC1. The minimum Gasteiger partial charge on any atom is -0.370 e. The Balaban J connectivity index is 1.44. The molecular formula is C21H25N3O2. The Hall–Kier alpha value is -2.82. The van der Waals surface area contributed by atoms with Crippen LogP contribution in [0.4, 0.5) is 11.4 Å². The lowest BCUT2D eigenvalue weighted by Crippen LogP contribution is -2.25. The predicted molar refractivity (Wildman–Crippen MR) is 105 cm³/mol. The van der Waals surface area contributed by atoms with Crippen molar-refractivity contribution in [3.05, 3.63) is 60.2 Å². The van der Waals surface area contributed by atoms with Crippen LogP contribution in [0.5, 0.6) is 0 Å². The number of carbonyl (C=O) groups excluding carboxylic acids is 2. The lowest BCUT2D eigenvalue weighted by atomic mass is 10.2. The molecule has 136 valence electrons. The van der Waals surface area contributed by atoms with Crippen LogP contribution in [0.15, 0.2) is 54.6 Å². The van der Waals surface area contributed by atoms with E-state index in [0.29, 0.717) is 24.9 Å². The molecule has 0 spiro atoms. The molecule has 2 N–H and O–H groups in total. The van der Waals surface area contributed by atoms with Gasteiger partial charge in [-0.1, -0.05) is 30.3 Å². The van der Waals surface area contributed by atoms with Gasteiger partial charge in [-0.05, 0) is 43.5 Å². The van der Waals surface area contributed by atoms with Crippen molar-refractivity contribution in [1.82, 2.24) is 5.32 Å². The molecule has 2 amide bonds. The van der Waals surface area contributed by atoms with Crippen LogP contribution in [-0.4, -0.2) is 31.4 Å². The van der Waals surface area contributed by atoms with Crippen LogP contribution in [0.3, 0.4) is 0 Å². The zero-order chi connectivity index (χ0) is 18.2. The number of hydrogen-bond donors (Lipinski definition) is 2. The Bertz CT molecular complexity index is 740. The van der Waals surface area contributed by atoms with Crippen molar-refractivity contribution in [3.8, 4) is 0 Å². The number of nitrogens with one attached hydrogen (secondary N) is 2. The first-order chi connectivity index (χ1) is 12.7. The van der Waals surface area contributed by atoms with Gasteiger partial charge in [-0.15, -0.1) is 0 Å². The number of para-hydroxylation sites is 2. The van der Waals surface area contributed by atoms with Gasteiger partial charge >= 0.3 is 0 Å². The number of nitrogens with zero attached hydrogens (tertiary/aromatic N) is 1. The topological polar surface area (TPSA) is 61.4 Å². The third kappa shape index (κ3) is 4.85. The Morgan fingerprint density at radius 1 is 0.923 bits per heavy atom. The molecule has 0 aliphatic carbocycles. The molecule has 5 heteroatoms. The highest BCUT2D eigenvalue weighted by Gasteiger charge is 2.16. The van der Waals surface area contributed by atoms with Crippen molar-refractivity contribution in [3.63, 3.8) is 0 Å². The second-order valence-corrected chi connectivity index (χ2v) is 6.48. The first kappa shape index (κ1) is 18.0. The normalized spacial score (nSPS) is 13.5. The molecule has 1 heterocycles. The van der Waals surface area contributed by atoms with E-state index in [9.17, 15) is 9.59 Å². The summed E-state index contributed by atoms with van der Waals surface area (Å²) >= 11 is 0. The molecular weight excluding hydrogens is 326 g/mol. The summed E-state index contributed by atoms with van der Waals surface area (Å²) in [5.74, 6) is -0.129. The third-order valence-corrected chi connectivity index (χ3v) is 4.53. The van der Waals surface area contributed by atoms with Gasteiger partial charge in [-0.2, -0.15) is 0 Å². The van der Waals surface area contributed by atoms with E-state index in [-0.39, 0.29) is 11.8 Å². The fraction of sp³-hybridized carbons (Fsp3) is 0.333. The number of benzene rings is 2. The summed E-state index contributed by atoms with van der Waals surface area (Å²) in [6.45, 7) is 2.56. The highest BCUT2D eigenvalue weighted by atomic mass is 16.2. The quantitative estimate of drug-likeness (QED) is 0.751. The van der Waals surface area contributed by atoms with Crippen LogP contribution in [0.25, 0.3) is 0 Å². The van der Waals surface area contributed by atoms with Crippen LogP contribution in [0.1, 0.15) is 36.0 Å².